The molecule has 8 heteroatoms. The van der Waals surface area contributed by atoms with Crippen LogP contribution in [0, 0.1) is 6.92 Å². The van der Waals surface area contributed by atoms with Crippen LogP contribution in [0.3, 0.4) is 0 Å². The zero-order valence-electron chi connectivity index (χ0n) is 17.4. The van der Waals surface area contributed by atoms with E-state index in [2.05, 4.69) is 9.88 Å². The van der Waals surface area contributed by atoms with Crippen LogP contribution < -0.4 is 5.32 Å². The molecule has 1 amide bonds. The lowest BCUT2D eigenvalue weighted by Crippen LogP contribution is -2.27. The van der Waals surface area contributed by atoms with Crippen LogP contribution in [0.4, 0.5) is 0 Å². The summed E-state index contributed by atoms with van der Waals surface area (Å²) in [5.41, 5.74) is 4.19. The van der Waals surface area contributed by atoms with Crippen molar-refractivity contribution in [2.75, 3.05) is 34.0 Å². The quantitative estimate of drug-likeness (QED) is 0.459. The lowest BCUT2D eigenvalue weighted by Gasteiger charge is -2.11. The van der Waals surface area contributed by atoms with E-state index >= 15 is 0 Å². The van der Waals surface area contributed by atoms with E-state index in [1.165, 1.54) is 11.3 Å². The Bertz CT molecular complexity index is 999. The molecule has 0 radical (unpaired) electrons. The van der Waals surface area contributed by atoms with Crippen LogP contribution in [0.5, 0.6) is 0 Å². The number of halogens is 1. The molecule has 0 atom stereocenters. The Hall–Kier alpha value is -2.19. The first-order valence-corrected chi connectivity index (χ1v) is 11.0. The van der Waals surface area contributed by atoms with Crippen LogP contribution in [0.1, 0.15) is 22.5 Å². The Morgan fingerprint density at radius 1 is 1.23 bits per heavy atom. The van der Waals surface area contributed by atoms with Gasteiger partial charge in [-0.1, -0.05) is 29.8 Å². The summed E-state index contributed by atoms with van der Waals surface area (Å²) < 4.78 is 12.4. The molecular weight excluding hydrogens is 422 g/mol. The second kappa shape index (κ2) is 10.7. The molecule has 6 nitrogen and oxygen atoms in total. The number of ether oxygens (including phenoxy) is 2. The third kappa shape index (κ3) is 5.10. The van der Waals surface area contributed by atoms with Crippen LogP contribution in [-0.4, -0.2) is 49.4 Å². The van der Waals surface area contributed by atoms with E-state index in [0.29, 0.717) is 30.3 Å². The summed E-state index contributed by atoms with van der Waals surface area (Å²) in [6.07, 6.45) is 0.839. The number of methoxy groups -OCH3 is 2. The van der Waals surface area contributed by atoms with Crippen LogP contribution in [0.25, 0.3) is 22.0 Å². The molecule has 0 saturated carbocycles. The number of hydrogen-bond acceptors (Lipinski definition) is 5. The average Bonchev–Trinajstić information content (AvgIpc) is 3.34. The number of rotatable bonds is 10. The Morgan fingerprint density at radius 2 is 2.00 bits per heavy atom. The van der Waals surface area contributed by atoms with Gasteiger partial charge in [0.15, 0.2) is 0 Å². The fraction of sp³-hybridized carbons (Fsp3) is 0.364. The first kappa shape index (κ1) is 22.5. The molecule has 0 aliphatic rings. The van der Waals surface area contributed by atoms with Gasteiger partial charge in [0.1, 0.15) is 5.01 Å². The zero-order valence-corrected chi connectivity index (χ0v) is 19.0. The van der Waals surface area contributed by atoms with Crippen molar-refractivity contribution >= 4 is 28.8 Å². The lowest BCUT2D eigenvalue weighted by atomic mass is 10.2. The molecule has 2 aromatic heterocycles. The predicted octanol–water partition coefficient (Wildman–Crippen LogP) is 4.65. The highest BCUT2D eigenvalue weighted by Crippen LogP contribution is 2.34. The van der Waals surface area contributed by atoms with Crippen molar-refractivity contribution in [3.05, 3.63) is 52.0 Å². The number of thiazole rings is 1. The number of benzene rings is 1. The summed E-state index contributed by atoms with van der Waals surface area (Å²) in [5.74, 6) is -0.113. The van der Waals surface area contributed by atoms with Gasteiger partial charge < -0.3 is 19.4 Å². The van der Waals surface area contributed by atoms with Gasteiger partial charge in [-0.15, -0.1) is 11.3 Å². The summed E-state index contributed by atoms with van der Waals surface area (Å²) in [7, 11) is 3.30. The second-order valence-electron chi connectivity index (χ2n) is 6.79. The fourth-order valence-electron chi connectivity index (χ4n) is 3.25. The standard InChI is InChI=1S/C22H26ClN3O3S/c1-15-17(21(27)24-9-12-29-3)13-20(26(15)10-6-11-28-2)19-14-30-22(25-19)16-7-4-5-8-18(16)23/h4-5,7-8,13-14H,6,9-12H2,1-3H3,(H,24,27). The molecular formula is C22H26ClN3O3S. The van der Waals surface area contributed by atoms with Crippen molar-refractivity contribution < 1.29 is 14.3 Å². The number of hydrogen-bond donors (Lipinski definition) is 1. The van der Waals surface area contributed by atoms with Crippen molar-refractivity contribution in [2.24, 2.45) is 0 Å². The zero-order chi connectivity index (χ0) is 21.5. The van der Waals surface area contributed by atoms with Crippen molar-refractivity contribution in [3.63, 3.8) is 0 Å². The van der Waals surface area contributed by atoms with Crippen molar-refractivity contribution in [1.82, 2.24) is 14.9 Å². The smallest absolute Gasteiger partial charge is 0.253 e. The molecule has 0 aliphatic carbocycles. The molecule has 1 N–H and O–H groups in total. The van der Waals surface area contributed by atoms with Gasteiger partial charge in [0.05, 0.1) is 28.6 Å². The summed E-state index contributed by atoms with van der Waals surface area (Å²) >= 11 is 7.88. The molecule has 0 spiro atoms. The number of nitrogens with one attached hydrogen (secondary N) is 1. The predicted molar refractivity (Wildman–Crippen MR) is 121 cm³/mol. The van der Waals surface area contributed by atoms with Gasteiger partial charge in [-0.05, 0) is 25.5 Å². The van der Waals surface area contributed by atoms with Crippen molar-refractivity contribution in [1.29, 1.82) is 0 Å². The minimum Gasteiger partial charge on any atom is -0.385 e. The third-order valence-electron chi connectivity index (χ3n) is 4.80. The van der Waals surface area contributed by atoms with Gasteiger partial charge in [-0.2, -0.15) is 0 Å². The molecule has 0 fully saturated rings. The van der Waals surface area contributed by atoms with Crippen molar-refractivity contribution in [3.8, 4) is 22.0 Å². The van der Waals surface area contributed by atoms with E-state index < -0.39 is 0 Å². The number of nitrogens with zero attached hydrogens (tertiary/aromatic N) is 2. The minimum atomic E-state index is -0.113. The molecule has 160 valence electrons. The van der Waals surface area contributed by atoms with E-state index in [9.17, 15) is 4.79 Å². The second-order valence-corrected chi connectivity index (χ2v) is 8.06. The first-order valence-electron chi connectivity index (χ1n) is 9.73. The number of aromatic nitrogens is 2. The Kier molecular flexibility index (Phi) is 8.04. The topological polar surface area (TPSA) is 65.4 Å². The number of carbonyl (C=O) groups excluding carboxylic acids is 1. The van der Waals surface area contributed by atoms with E-state index in [1.54, 1.807) is 14.2 Å². The maximum atomic E-state index is 12.7. The Morgan fingerprint density at radius 3 is 2.73 bits per heavy atom. The average molecular weight is 448 g/mol. The van der Waals surface area contributed by atoms with Crippen LogP contribution in [-0.2, 0) is 16.0 Å². The number of carbonyl (C=O) groups is 1. The maximum absolute atomic E-state index is 12.7. The molecule has 3 rings (SSSR count). The minimum absolute atomic E-state index is 0.113. The molecule has 0 bridgehead atoms. The first-order chi connectivity index (χ1) is 14.6. The summed E-state index contributed by atoms with van der Waals surface area (Å²) in [4.78, 5) is 17.5. The number of amides is 1. The molecule has 0 unspecified atom stereocenters. The SMILES string of the molecule is COCCCn1c(-c2csc(-c3ccccc3Cl)n2)cc(C(=O)NCCOC)c1C. The van der Waals surface area contributed by atoms with Gasteiger partial charge in [-0.3, -0.25) is 4.79 Å². The molecule has 3 aromatic rings. The summed E-state index contributed by atoms with van der Waals surface area (Å²) in [6, 6.07) is 9.58. The fourth-order valence-corrected chi connectivity index (χ4v) is 4.39. The van der Waals surface area contributed by atoms with E-state index in [-0.39, 0.29) is 5.91 Å². The molecule has 0 saturated heterocycles. The van der Waals surface area contributed by atoms with Crippen LogP contribution in [0.15, 0.2) is 35.7 Å². The highest BCUT2D eigenvalue weighted by atomic mass is 35.5. The third-order valence-corrected chi connectivity index (χ3v) is 6.01. The lowest BCUT2D eigenvalue weighted by molar-refractivity contribution is 0.0936. The Labute approximate surface area is 185 Å². The maximum Gasteiger partial charge on any atom is 0.253 e. The van der Waals surface area contributed by atoms with E-state index in [1.807, 2.05) is 42.6 Å². The van der Waals surface area contributed by atoms with Gasteiger partial charge in [0.25, 0.3) is 5.91 Å². The van der Waals surface area contributed by atoms with Crippen LogP contribution >= 0.6 is 22.9 Å². The van der Waals surface area contributed by atoms with Gasteiger partial charge >= 0.3 is 0 Å². The Balaban J connectivity index is 1.95. The summed E-state index contributed by atoms with van der Waals surface area (Å²) in [5, 5.41) is 6.43. The monoisotopic (exact) mass is 447 g/mol. The van der Waals surface area contributed by atoms with Crippen molar-refractivity contribution in [2.45, 2.75) is 19.9 Å². The highest BCUT2D eigenvalue weighted by Gasteiger charge is 2.20. The van der Waals surface area contributed by atoms with E-state index in [4.69, 9.17) is 26.1 Å². The molecule has 30 heavy (non-hydrogen) atoms. The van der Waals surface area contributed by atoms with E-state index in [0.717, 1.165) is 40.6 Å². The largest absolute Gasteiger partial charge is 0.385 e. The molecule has 1 aromatic carbocycles. The van der Waals surface area contributed by atoms with Gasteiger partial charge in [0.2, 0.25) is 0 Å². The van der Waals surface area contributed by atoms with Gasteiger partial charge in [0, 0.05) is 50.6 Å². The highest BCUT2D eigenvalue weighted by molar-refractivity contribution is 7.13. The summed E-state index contributed by atoms with van der Waals surface area (Å²) in [6.45, 7) is 4.28. The molecule has 2 heterocycles. The van der Waals surface area contributed by atoms with Crippen LogP contribution in [0.2, 0.25) is 5.02 Å². The van der Waals surface area contributed by atoms with Gasteiger partial charge in [-0.25, -0.2) is 4.98 Å². The molecule has 0 aliphatic heterocycles. The normalized spacial score (nSPS) is 11.1.